The minimum Gasteiger partial charge on any atom is -0.318 e. The number of hydrogen-bond acceptors (Lipinski definition) is 3. The Morgan fingerprint density at radius 2 is 1.58 bits per heavy atom. The summed E-state index contributed by atoms with van der Waals surface area (Å²) in [7, 11) is 0. The van der Waals surface area contributed by atoms with E-state index in [1.807, 2.05) is 56.3 Å². The van der Waals surface area contributed by atoms with Crippen LogP contribution < -0.4 is 0 Å². The first-order valence-corrected chi connectivity index (χ1v) is 11.7. The van der Waals surface area contributed by atoms with Gasteiger partial charge >= 0.3 is 0 Å². The highest BCUT2D eigenvalue weighted by atomic mass is 32.2. The maximum atomic E-state index is 13.1. The molecule has 5 rings (SSSR count). The monoisotopic (exact) mass is 452 g/mol. The molecule has 0 spiro atoms. The Bertz CT molecular complexity index is 1450. The molecule has 0 bridgehead atoms. The molecule has 0 saturated carbocycles. The Labute approximate surface area is 197 Å². The number of imide groups is 1. The van der Waals surface area contributed by atoms with Gasteiger partial charge in [0.2, 0.25) is 0 Å². The van der Waals surface area contributed by atoms with Crippen molar-refractivity contribution in [2.75, 3.05) is 0 Å². The van der Waals surface area contributed by atoms with Crippen LogP contribution >= 0.6 is 11.8 Å². The molecule has 5 heteroatoms. The predicted molar refractivity (Wildman–Crippen MR) is 135 cm³/mol. The third-order valence-electron chi connectivity index (χ3n) is 6.21. The van der Waals surface area contributed by atoms with Gasteiger partial charge in [-0.15, -0.1) is 0 Å². The fourth-order valence-electron chi connectivity index (χ4n) is 4.38. The Kier molecular flexibility index (Phi) is 5.43. The molecular weight excluding hydrogens is 428 g/mol. The second-order valence-electron chi connectivity index (χ2n) is 8.39. The zero-order valence-electron chi connectivity index (χ0n) is 18.8. The smallest absolute Gasteiger partial charge is 0.293 e. The second-order valence-corrected chi connectivity index (χ2v) is 9.38. The summed E-state index contributed by atoms with van der Waals surface area (Å²) in [6, 6.07) is 24.6. The summed E-state index contributed by atoms with van der Waals surface area (Å²) in [5, 5.41) is 2.16. The highest BCUT2D eigenvalue weighted by Gasteiger charge is 2.35. The number of thioether (sulfide) groups is 1. The Morgan fingerprint density at radius 3 is 2.36 bits per heavy atom. The third kappa shape index (κ3) is 3.89. The number of fused-ring (bicyclic) bond motifs is 1. The van der Waals surface area contributed by atoms with Gasteiger partial charge in [-0.2, -0.15) is 0 Å². The summed E-state index contributed by atoms with van der Waals surface area (Å²) < 4.78 is 2.19. The number of nitrogens with zero attached hydrogens (tertiary/aromatic N) is 2. The van der Waals surface area contributed by atoms with E-state index in [-0.39, 0.29) is 11.1 Å². The van der Waals surface area contributed by atoms with E-state index in [0.717, 1.165) is 45.5 Å². The van der Waals surface area contributed by atoms with E-state index in [2.05, 4.69) is 47.9 Å². The molecule has 1 fully saturated rings. The average Bonchev–Trinajstić information content (AvgIpc) is 3.24. The van der Waals surface area contributed by atoms with Crippen molar-refractivity contribution < 1.29 is 9.59 Å². The minimum atomic E-state index is -0.233. The summed E-state index contributed by atoms with van der Waals surface area (Å²) in [5.41, 5.74) is 6.19. The molecule has 0 unspecified atom stereocenters. The lowest BCUT2D eigenvalue weighted by molar-refractivity contribution is -0.123. The van der Waals surface area contributed by atoms with Crippen LogP contribution in [-0.4, -0.2) is 20.6 Å². The Morgan fingerprint density at radius 1 is 0.848 bits per heavy atom. The van der Waals surface area contributed by atoms with E-state index < -0.39 is 0 Å². The van der Waals surface area contributed by atoms with Gasteiger partial charge in [-0.3, -0.25) is 14.5 Å². The van der Waals surface area contributed by atoms with Crippen LogP contribution in [0.2, 0.25) is 0 Å². The molecule has 4 nitrogen and oxygen atoms in total. The molecular formula is C28H24N2O2S. The highest BCUT2D eigenvalue weighted by Crippen LogP contribution is 2.35. The highest BCUT2D eigenvalue weighted by molar-refractivity contribution is 8.18. The van der Waals surface area contributed by atoms with Gasteiger partial charge in [-0.1, -0.05) is 54.6 Å². The Balaban J connectivity index is 1.47. The molecule has 164 valence electrons. The number of aryl methyl sites for hydroxylation is 2. The fraction of sp³-hybridized carbons (Fsp3) is 0.143. The van der Waals surface area contributed by atoms with E-state index in [1.54, 1.807) is 0 Å². The number of carbonyl (C=O) groups is 2. The van der Waals surface area contributed by atoms with Crippen molar-refractivity contribution in [3.63, 3.8) is 0 Å². The van der Waals surface area contributed by atoms with E-state index in [1.165, 1.54) is 15.7 Å². The van der Waals surface area contributed by atoms with Gasteiger partial charge in [0.05, 0.1) is 11.4 Å². The molecule has 0 N–H and O–H groups in total. The number of rotatable bonds is 4. The molecule has 1 saturated heterocycles. The number of aromatic nitrogens is 1. The van der Waals surface area contributed by atoms with Crippen LogP contribution in [0.4, 0.5) is 4.79 Å². The second kappa shape index (κ2) is 8.41. The molecule has 1 aromatic heterocycles. The molecule has 1 aliphatic heterocycles. The van der Waals surface area contributed by atoms with Crippen molar-refractivity contribution in [1.82, 2.24) is 9.47 Å². The van der Waals surface area contributed by atoms with Crippen molar-refractivity contribution in [3.05, 3.63) is 106 Å². The van der Waals surface area contributed by atoms with Crippen LogP contribution in [-0.2, 0) is 11.3 Å². The van der Waals surface area contributed by atoms with Crippen molar-refractivity contribution >= 4 is 39.8 Å². The van der Waals surface area contributed by atoms with Gasteiger partial charge in [0.15, 0.2) is 0 Å². The van der Waals surface area contributed by atoms with Crippen LogP contribution in [0.25, 0.3) is 22.5 Å². The molecule has 2 amide bonds. The molecule has 0 radical (unpaired) electrons. The van der Waals surface area contributed by atoms with Gasteiger partial charge in [0.25, 0.3) is 11.1 Å². The number of carbonyl (C=O) groups excluding carboxylic acids is 2. The first kappa shape index (κ1) is 21.3. The van der Waals surface area contributed by atoms with Gasteiger partial charge < -0.3 is 4.57 Å². The molecule has 1 aliphatic rings. The van der Waals surface area contributed by atoms with Crippen LogP contribution in [0, 0.1) is 20.8 Å². The number of benzene rings is 3. The normalized spacial score (nSPS) is 15.2. The van der Waals surface area contributed by atoms with E-state index in [4.69, 9.17) is 0 Å². The number of amides is 2. The Hall–Kier alpha value is -3.57. The molecule has 0 aliphatic carbocycles. The standard InChI is InChI=1S/C28H24N2O2S/c1-18-8-4-5-11-23(18)17-29-27(31)26(33-28(29)32)16-24-14-19(2)30(20(24)3)25-13-12-21-9-6-7-10-22(21)15-25/h4-16H,17H2,1-3H3/b26-16-. The van der Waals surface area contributed by atoms with Crippen molar-refractivity contribution in [2.24, 2.45) is 0 Å². The first-order chi connectivity index (χ1) is 15.9. The zero-order chi connectivity index (χ0) is 23.1. The van der Waals surface area contributed by atoms with E-state index >= 15 is 0 Å². The van der Waals surface area contributed by atoms with Gasteiger partial charge in [0.1, 0.15) is 0 Å². The molecule has 4 aromatic rings. The van der Waals surface area contributed by atoms with Gasteiger partial charge in [-0.25, -0.2) is 0 Å². The lowest BCUT2D eigenvalue weighted by Crippen LogP contribution is -2.27. The molecule has 3 aromatic carbocycles. The van der Waals surface area contributed by atoms with Crippen molar-refractivity contribution in [1.29, 1.82) is 0 Å². The largest absolute Gasteiger partial charge is 0.318 e. The minimum absolute atomic E-state index is 0.224. The molecule has 0 atom stereocenters. The molecule has 33 heavy (non-hydrogen) atoms. The van der Waals surface area contributed by atoms with Crippen molar-refractivity contribution in [3.8, 4) is 5.69 Å². The maximum absolute atomic E-state index is 13.1. The van der Waals surface area contributed by atoms with E-state index in [0.29, 0.717) is 11.4 Å². The summed E-state index contributed by atoms with van der Waals surface area (Å²) in [4.78, 5) is 27.5. The summed E-state index contributed by atoms with van der Waals surface area (Å²) in [5.74, 6) is -0.233. The summed E-state index contributed by atoms with van der Waals surface area (Å²) in [6.45, 7) is 6.39. The van der Waals surface area contributed by atoms with Crippen molar-refractivity contribution in [2.45, 2.75) is 27.3 Å². The zero-order valence-corrected chi connectivity index (χ0v) is 19.6. The van der Waals surface area contributed by atoms with Crippen LogP contribution in [0.5, 0.6) is 0 Å². The van der Waals surface area contributed by atoms with Gasteiger partial charge in [0, 0.05) is 17.1 Å². The lowest BCUT2D eigenvalue weighted by Gasteiger charge is -2.14. The van der Waals surface area contributed by atoms with Crippen LogP contribution in [0.3, 0.4) is 0 Å². The summed E-state index contributed by atoms with van der Waals surface area (Å²) >= 11 is 1.01. The SMILES string of the molecule is Cc1ccccc1CN1C(=O)S/C(=C\c2cc(C)n(-c3ccc4ccccc4c3)c2C)C1=O. The topological polar surface area (TPSA) is 42.3 Å². The van der Waals surface area contributed by atoms with Gasteiger partial charge in [-0.05, 0) is 84.3 Å². The summed E-state index contributed by atoms with van der Waals surface area (Å²) in [6.07, 6.45) is 1.85. The first-order valence-electron chi connectivity index (χ1n) is 10.9. The van der Waals surface area contributed by atoms with E-state index in [9.17, 15) is 9.59 Å². The van der Waals surface area contributed by atoms with Crippen LogP contribution in [0.1, 0.15) is 28.1 Å². The maximum Gasteiger partial charge on any atom is 0.293 e. The quantitative estimate of drug-likeness (QED) is 0.320. The fourth-order valence-corrected chi connectivity index (χ4v) is 5.21. The lowest BCUT2D eigenvalue weighted by atomic mass is 10.1. The number of hydrogen-bond donors (Lipinski definition) is 0. The predicted octanol–water partition coefficient (Wildman–Crippen LogP) is 6.79. The van der Waals surface area contributed by atoms with Crippen LogP contribution in [0.15, 0.2) is 77.7 Å². The average molecular weight is 453 g/mol. The third-order valence-corrected chi connectivity index (χ3v) is 7.12. The molecule has 2 heterocycles.